The third kappa shape index (κ3) is 3.49. The Bertz CT molecular complexity index is 702. The van der Waals surface area contributed by atoms with Gasteiger partial charge < -0.3 is 10.1 Å². The zero-order chi connectivity index (χ0) is 17.1. The van der Waals surface area contributed by atoms with Crippen molar-refractivity contribution in [2.24, 2.45) is 7.05 Å². The number of rotatable bonds is 4. The topological polar surface area (TPSA) is 59.4 Å². The first kappa shape index (κ1) is 16.7. The average Bonchev–Trinajstić information content (AvgIpc) is 2.95. The molecule has 1 aromatic carbocycles. The van der Waals surface area contributed by atoms with E-state index in [2.05, 4.69) is 34.4 Å². The Labute approximate surface area is 142 Å². The van der Waals surface area contributed by atoms with Gasteiger partial charge in [-0.2, -0.15) is 5.10 Å². The quantitative estimate of drug-likeness (QED) is 0.936. The van der Waals surface area contributed by atoms with Gasteiger partial charge in [-0.25, -0.2) is 0 Å². The monoisotopic (exact) mass is 328 g/mol. The number of aryl methyl sites for hydroxylation is 1. The lowest BCUT2D eigenvalue weighted by Gasteiger charge is -2.32. The highest BCUT2D eigenvalue weighted by Gasteiger charge is 2.18. The van der Waals surface area contributed by atoms with Crippen LogP contribution in [0, 0.1) is 6.92 Å². The summed E-state index contributed by atoms with van der Waals surface area (Å²) in [6, 6.07) is 8.41. The Balaban J connectivity index is 1.66. The largest absolute Gasteiger partial charge is 0.379 e. The SMILES string of the molecule is Cc1c(C(=O)Nc2ccc([C@@H](C)N3CCOCC3)cc2)cnn1C. The van der Waals surface area contributed by atoms with Gasteiger partial charge in [-0.3, -0.25) is 14.4 Å². The summed E-state index contributed by atoms with van der Waals surface area (Å²) >= 11 is 0. The Morgan fingerprint density at radius 2 is 1.92 bits per heavy atom. The number of aromatic nitrogens is 2. The molecule has 1 aliphatic rings. The predicted octanol–water partition coefficient (Wildman–Crippen LogP) is 2.37. The third-order valence-electron chi connectivity index (χ3n) is 4.72. The fourth-order valence-electron chi connectivity index (χ4n) is 2.94. The number of carbonyl (C=O) groups excluding carboxylic acids is 1. The predicted molar refractivity (Wildman–Crippen MR) is 93.1 cm³/mol. The van der Waals surface area contributed by atoms with Crippen LogP contribution in [0.25, 0.3) is 0 Å². The molecule has 0 saturated carbocycles. The number of amides is 1. The highest BCUT2D eigenvalue weighted by atomic mass is 16.5. The molecule has 24 heavy (non-hydrogen) atoms. The van der Waals surface area contributed by atoms with Gasteiger partial charge in [-0.05, 0) is 31.5 Å². The van der Waals surface area contributed by atoms with Crippen LogP contribution in [0.5, 0.6) is 0 Å². The summed E-state index contributed by atoms with van der Waals surface area (Å²) in [7, 11) is 1.83. The summed E-state index contributed by atoms with van der Waals surface area (Å²) in [5.74, 6) is -0.130. The molecular weight excluding hydrogens is 304 g/mol. The molecule has 2 heterocycles. The Kier molecular flexibility index (Phi) is 4.97. The zero-order valence-electron chi connectivity index (χ0n) is 14.5. The minimum absolute atomic E-state index is 0.130. The van der Waals surface area contributed by atoms with Gasteiger partial charge in [0.05, 0.1) is 25.0 Å². The number of nitrogens with zero attached hydrogens (tertiary/aromatic N) is 3. The molecule has 0 bridgehead atoms. The molecule has 1 aliphatic heterocycles. The minimum atomic E-state index is -0.130. The van der Waals surface area contributed by atoms with E-state index in [4.69, 9.17) is 4.74 Å². The second-order valence-electron chi connectivity index (χ2n) is 6.17. The number of carbonyl (C=O) groups is 1. The van der Waals surface area contributed by atoms with Gasteiger partial charge in [0.2, 0.25) is 0 Å². The molecule has 0 aliphatic carbocycles. The number of hydrogen-bond acceptors (Lipinski definition) is 4. The molecule has 2 aromatic rings. The number of morpholine rings is 1. The van der Waals surface area contributed by atoms with E-state index in [1.54, 1.807) is 10.9 Å². The van der Waals surface area contributed by atoms with Gasteiger partial charge in [0.1, 0.15) is 0 Å². The molecule has 6 nitrogen and oxygen atoms in total. The number of hydrogen-bond donors (Lipinski definition) is 1. The van der Waals surface area contributed by atoms with Crippen LogP contribution in [0.2, 0.25) is 0 Å². The summed E-state index contributed by atoms with van der Waals surface area (Å²) < 4.78 is 7.10. The molecule has 0 unspecified atom stereocenters. The van der Waals surface area contributed by atoms with Crippen LogP contribution in [0.1, 0.15) is 34.6 Å². The van der Waals surface area contributed by atoms with Crippen molar-refractivity contribution in [3.63, 3.8) is 0 Å². The standard InChI is InChI=1S/C18H24N4O2/c1-13(22-8-10-24-11-9-22)15-4-6-16(7-5-15)20-18(23)17-12-19-21(3)14(17)2/h4-7,12-13H,8-11H2,1-3H3,(H,20,23)/t13-/m1/s1. The maximum Gasteiger partial charge on any atom is 0.259 e. The smallest absolute Gasteiger partial charge is 0.259 e. The number of anilines is 1. The van der Waals surface area contributed by atoms with Gasteiger partial charge in [-0.1, -0.05) is 12.1 Å². The number of ether oxygens (including phenoxy) is 1. The fourth-order valence-corrected chi connectivity index (χ4v) is 2.94. The van der Waals surface area contributed by atoms with Gasteiger partial charge >= 0.3 is 0 Å². The average molecular weight is 328 g/mol. The molecule has 1 fully saturated rings. The van der Waals surface area contributed by atoms with Gasteiger partial charge in [0, 0.05) is 37.6 Å². The van der Waals surface area contributed by atoms with Gasteiger partial charge in [0.25, 0.3) is 5.91 Å². The first-order chi connectivity index (χ1) is 11.6. The Morgan fingerprint density at radius 3 is 2.50 bits per heavy atom. The van der Waals surface area contributed by atoms with Crippen LogP contribution in [0.15, 0.2) is 30.5 Å². The lowest BCUT2D eigenvalue weighted by molar-refractivity contribution is 0.0198. The van der Waals surface area contributed by atoms with E-state index in [0.717, 1.165) is 37.7 Å². The highest BCUT2D eigenvalue weighted by Crippen LogP contribution is 2.23. The van der Waals surface area contributed by atoms with Crippen LogP contribution in [-0.4, -0.2) is 46.9 Å². The summed E-state index contributed by atoms with van der Waals surface area (Å²) in [5.41, 5.74) is 3.49. The molecule has 6 heteroatoms. The first-order valence-electron chi connectivity index (χ1n) is 8.28. The van der Waals surface area contributed by atoms with Crippen LogP contribution < -0.4 is 5.32 Å². The molecule has 1 atom stereocenters. The van der Waals surface area contributed by atoms with Gasteiger partial charge in [0.15, 0.2) is 0 Å². The molecular formula is C18H24N4O2. The fraction of sp³-hybridized carbons (Fsp3) is 0.444. The van der Waals surface area contributed by atoms with Crippen molar-refractivity contribution in [3.05, 3.63) is 47.3 Å². The summed E-state index contributed by atoms with van der Waals surface area (Å²) in [4.78, 5) is 14.7. The highest BCUT2D eigenvalue weighted by molar-refractivity contribution is 6.04. The Hall–Kier alpha value is -2.18. The van der Waals surface area contributed by atoms with Crippen LogP contribution in [0.3, 0.4) is 0 Å². The van der Waals surface area contributed by atoms with E-state index >= 15 is 0 Å². The van der Waals surface area contributed by atoms with E-state index < -0.39 is 0 Å². The van der Waals surface area contributed by atoms with E-state index in [-0.39, 0.29) is 5.91 Å². The molecule has 3 rings (SSSR count). The van der Waals surface area contributed by atoms with E-state index in [0.29, 0.717) is 11.6 Å². The van der Waals surface area contributed by atoms with Crippen molar-refractivity contribution in [2.75, 3.05) is 31.6 Å². The maximum absolute atomic E-state index is 12.3. The summed E-state index contributed by atoms with van der Waals surface area (Å²) in [6.07, 6.45) is 1.60. The van der Waals surface area contributed by atoms with Gasteiger partial charge in [-0.15, -0.1) is 0 Å². The summed E-state index contributed by atoms with van der Waals surface area (Å²) in [6.45, 7) is 7.60. The number of benzene rings is 1. The van der Waals surface area contributed by atoms with E-state index in [1.807, 2.05) is 26.1 Å². The van der Waals surface area contributed by atoms with Crippen LogP contribution in [0.4, 0.5) is 5.69 Å². The molecule has 0 radical (unpaired) electrons. The molecule has 0 spiro atoms. The third-order valence-corrected chi connectivity index (χ3v) is 4.72. The molecule has 1 saturated heterocycles. The zero-order valence-corrected chi connectivity index (χ0v) is 14.5. The maximum atomic E-state index is 12.3. The van der Waals surface area contributed by atoms with Crippen LogP contribution >= 0.6 is 0 Å². The second kappa shape index (κ2) is 7.15. The summed E-state index contributed by atoms with van der Waals surface area (Å²) in [5, 5.41) is 7.04. The van der Waals surface area contributed by atoms with E-state index in [9.17, 15) is 4.79 Å². The lowest BCUT2D eigenvalue weighted by Crippen LogP contribution is -2.37. The van der Waals surface area contributed by atoms with Crippen molar-refractivity contribution in [3.8, 4) is 0 Å². The lowest BCUT2D eigenvalue weighted by atomic mass is 10.1. The molecule has 128 valence electrons. The Morgan fingerprint density at radius 1 is 1.25 bits per heavy atom. The second-order valence-corrected chi connectivity index (χ2v) is 6.17. The van der Waals surface area contributed by atoms with E-state index in [1.165, 1.54) is 5.56 Å². The van der Waals surface area contributed by atoms with Crippen molar-refractivity contribution >= 4 is 11.6 Å². The molecule has 1 aromatic heterocycles. The molecule has 1 N–H and O–H groups in total. The molecule has 1 amide bonds. The number of nitrogens with one attached hydrogen (secondary N) is 1. The van der Waals surface area contributed by atoms with Crippen molar-refractivity contribution in [1.82, 2.24) is 14.7 Å². The van der Waals surface area contributed by atoms with Crippen molar-refractivity contribution < 1.29 is 9.53 Å². The normalized spacial score (nSPS) is 16.8. The first-order valence-corrected chi connectivity index (χ1v) is 8.28. The van der Waals surface area contributed by atoms with Crippen LogP contribution in [-0.2, 0) is 11.8 Å². The minimum Gasteiger partial charge on any atom is -0.379 e. The van der Waals surface area contributed by atoms with Crippen molar-refractivity contribution in [2.45, 2.75) is 19.9 Å². The van der Waals surface area contributed by atoms with Crippen molar-refractivity contribution in [1.29, 1.82) is 0 Å².